The van der Waals surface area contributed by atoms with Crippen molar-refractivity contribution < 1.29 is 14.3 Å². The third kappa shape index (κ3) is 6.88. The summed E-state index contributed by atoms with van der Waals surface area (Å²) in [5.41, 5.74) is 6.27. The predicted octanol–water partition coefficient (Wildman–Crippen LogP) is 7.21. The van der Waals surface area contributed by atoms with Crippen LogP contribution in [0.2, 0.25) is 0 Å². The highest BCUT2D eigenvalue weighted by Gasteiger charge is 2.32. The molecule has 0 aromatic heterocycles. The van der Waals surface area contributed by atoms with Crippen molar-refractivity contribution in [2.45, 2.75) is 12.6 Å². The molecule has 44 heavy (non-hydrogen) atoms. The molecular formula is C38H35N3O3. The highest BCUT2D eigenvalue weighted by atomic mass is 16.5. The van der Waals surface area contributed by atoms with E-state index in [2.05, 4.69) is 15.1 Å². The van der Waals surface area contributed by atoms with E-state index < -0.39 is 6.04 Å². The molecule has 1 fully saturated rings. The van der Waals surface area contributed by atoms with Crippen molar-refractivity contribution in [3.63, 3.8) is 0 Å². The van der Waals surface area contributed by atoms with E-state index in [4.69, 9.17) is 4.74 Å². The highest BCUT2D eigenvalue weighted by molar-refractivity contribution is 6.08. The van der Waals surface area contributed by atoms with E-state index in [1.54, 1.807) is 0 Å². The molecule has 1 N–H and O–H groups in total. The number of hydrogen-bond donors (Lipinski definition) is 1. The molecule has 1 atom stereocenters. The summed E-state index contributed by atoms with van der Waals surface area (Å²) >= 11 is 0. The monoisotopic (exact) mass is 581 g/mol. The van der Waals surface area contributed by atoms with Gasteiger partial charge in [-0.1, -0.05) is 109 Å². The minimum Gasteiger partial charge on any atom is -0.459 e. The van der Waals surface area contributed by atoms with Crippen LogP contribution in [-0.4, -0.2) is 43.0 Å². The molecular weight excluding hydrogens is 546 g/mol. The van der Waals surface area contributed by atoms with E-state index in [1.165, 1.54) is 0 Å². The molecule has 1 heterocycles. The lowest BCUT2D eigenvalue weighted by Crippen LogP contribution is -2.49. The maximum Gasteiger partial charge on any atom is 0.328 e. The van der Waals surface area contributed by atoms with Gasteiger partial charge in [-0.2, -0.15) is 0 Å². The van der Waals surface area contributed by atoms with Gasteiger partial charge in [0.2, 0.25) is 0 Å². The Morgan fingerprint density at radius 1 is 0.659 bits per heavy atom. The molecule has 6 nitrogen and oxygen atoms in total. The van der Waals surface area contributed by atoms with E-state index in [9.17, 15) is 9.59 Å². The van der Waals surface area contributed by atoms with Gasteiger partial charge in [0.05, 0.1) is 0 Å². The standard InChI is InChI=1S/C38H35N3O3/c42-37(35-19-11-10-18-34(35)30-14-6-2-7-15-30)39-32-20-22-33(23-21-32)40-24-26-41(27-25-40)36(31-16-8-3-9-17-31)38(43)44-28-29-12-4-1-5-13-29/h1-23,36H,24-28H2,(H,39,42). The number of benzene rings is 5. The fourth-order valence-electron chi connectivity index (χ4n) is 5.68. The third-order valence-corrected chi connectivity index (χ3v) is 7.99. The Morgan fingerprint density at radius 3 is 1.93 bits per heavy atom. The van der Waals surface area contributed by atoms with E-state index in [-0.39, 0.29) is 18.5 Å². The molecule has 0 bridgehead atoms. The van der Waals surface area contributed by atoms with Crippen molar-refractivity contribution in [3.05, 3.63) is 156 Å². The van der Waals surface area contributed by atoms with Gasteiger partial charge in [0.1, 0.15) is 12.6 Å². The maximum absolute atomic E-state index is 13.4. The fraction of sp³-hybridized carbons (Fsp3) is 0.158. The first-order valence-corrected chi connectivity index (χ1v) is 15.0. The number of carbonyl (C=O) groups is 2. The van der Waals surface area contributed by atoms with Crippen molar-refractivity contribution in [1.29, 1.82) is 0 Å². The Morgan fingerprint density at radius 2 is 1.25 bits per heavy atom. The quantitative estimate of drug-likeness (QED) is 0.186. The summed E-state index contributed by atoms with van der Waals surface area (Å²) in [4.78, 5) is 31.1. The third-order valence-electron chi connectivity index (χ3n) is 7.99. The molecule has 0 spiro atoms. The smallest absolute Gasteiger partial charge is 0.328 e. The Bertz CT molecular complexity index is 1670. The molecule has 1 aliphatic heterocycles. The Kier molecular flexibility index (Phi) is 9.09. The van der Waals surface area contributed by atoms with Gasteiger partial charge in [-0.15, -0.1) is 0 Å². The number of rotatable bonds is 9. The zero-order valence-electron chi connectivity index (χ0n) is 24.5. The summed E-state index contributed by atoms with van der Waals surface area (Å²) in [5.74, 6) is -0.376. The Labute approximate surface area is 258 Å². The van der Waals surface area contributed by atoms with Gasteiger partial charge in [-0.3, -0.25) is 9.69 Å². The van der Waals surface area contributed by atoms with Crippen LogP contribution < -0.4 is 10.2 Å². The average Bonchev–Trinajstić information content (AvgIpc) is 3.09. The number of piperazine rings is 1. The molecule has 1 saturated heterocycles. The first-order valence-electron chi connectivity index (χ1n) is 15.0. The zero-order chi connectivity index (χ0) is 30.1. The van der Waals surface area contributed by atoms with Crippen LogP contribution in [0.4, 0.5) is 11.4 Å². The van der Waals surface area contributed by atoms with E-state index in [1.807, 2.05) is 140 Å². The van der Waals surface area contributed by atoms with Crippen molar-refractivity contribution in [2.24, 2.45) is 0 Å². The van der Waals surface area contributed by atoms with Crippen LogP contribution >= 0.6 is 0 Å². The van der Waals surface area contributed by atoms with Crippen LogP contribution in [0.15, 0.2) is 140 Å². The van der Waals surface area contributed by atoms with Crippen molar-refractivity contribution in [2.75, 3.05) is 36.4 Å². The van der Waals surface area contributed by atoms with Gasteiger partial charge in [0.15, 0.2) is 0 Å². The van der Waals surface area contributed by atoms with Gasteiger partial charge in [0.25, 0.3) is 5.91 Å². The van der Waals surface area contributed by atoms with Gasteiger partial charge < -0.3 is 15.0 Å². The van der Waals surface area contributed by atoms with Crippen molar-refractivity contribution >= 4 is 23.3 Å². The van der Waals surface area contributed by atoms with Crippen LogP contribution in [0.3, 0.4) is 0 Å². The number of nitrogens with one attached hydrogen (secondary N) is 1. The van der Waals surface area contributed by atoms with E-state index in [0.717, 1.165) is 59.8 Å². The lowest BCUT2D eigenvalue weighted by Gasteiger charge is -2.39. The molecule has 6 rings (SSSR count). The van der Waals surface area contributed by atoms with Crippen LogP contribution in [0.1, 0.15) is 27.5 Å². The number of esters is 1. The Balaban J connectivity index is 1.09. The number of amides is 1. The number of carbonyl (C=O) groups excluding carboxylic acids is 2. The molecule has 220 valence electrons. The maximum atomic E-state index is 13.4. The first kappa shape index (κ1) is 28.9. The minimum atomic E-state index is -0.460. The lowest BCUT2D eigenvalue weighted by molar-refractivity contribution is -0.152. The lowest BCUT2D eigenvalue weighted by atomic mass is 9.99. The van der Waals surface area contributed by atoms with Gasteiger partial charge in [0, 0.05) is 43.1 Å². The molecule has 1 unspecified atom stereocenters. The van der Waals surface area contributed by atoms with Crippen molar-refractivity contribution in [1.82, 2.24) is 4.90 Å². The summed E-state index contributed by atoms with van der Waals surface area (Å²) < 4.78 is 5.79. The second kappa shape index (κ2) is 13.8. The van der Waals surface area contributed by atoms with Gasteiger partial charge >= 0.3 is 5.97 Å². The zero-order valence-corrected chi connectivity index (χ0v) is 24.5. The van der Waals surface area contributed by atoms with Crippen LogP contribution in [-0.2, 0) is 16.1 Å². The minimum absolute atomic E-state index is 0.142. The molecule has 6 heteroatoms. The highest BCUT2D eigenvalue weighted by Crippen LogP contribution is 2.28. The van der Waals surface area contributed by atoms with Crippen LogP contribution in [0.5, 0.6) is 0 Å². The molecule has 1 amide bonds. The molecule has 5 aromatic rings. The normalized spacial score (nSPS) is 14.0. The molecule has 0 radical (unpaired) electrons. The summed E-state index contributed by atoms with van der Waals surface area (Å²) in [6.45, 7) is 3.23. The summed E-state index contributed by atoms with van der Waals surface area (Å²) in [7, 11) is 0. The molecule has 0 saturated carbocycles. The summed E-state index contributed by atoms with van der Waals surface area (Å²) in [6.07, 6.45) is 0. The molecule has 0 aliphatic carbocycles. The first-order chi connectivity index (χ1) is 21.7. The number of ether oxygens (including phenoxy) is 1. The van der Waals surface area contributed by atoms with Gasteiger partial charge in [-0.05, 0) is 52.6 Å². The molecule has 5 aromatic carbocycles. The van der Waals surface area contributed by atoms with E-state index >= 15 is 0 Å². The number of hydrogen-bond acceptors (Lipinski definition) is 5. The average molecular weight is 582 g/mol. The topological polar surface area (TPSA) is 61.9 Å². The molecule has 1 aliphatic rings. The van der Waals surface area contributed by atoms with Gasteiger partial charge in [-0.25, -0.2) is 4.79 Å². The second-order valence-corrected chi connectivity index (χ2v) is 10.8. The number of anilines is 2. The summed E-state index contributed by atoms with van der Waals surface area (Å²) in [6, 6.07) is 44.7. The second-order valence-electron chi connectivity index (χ2n) is 10.8. The van der Waals surface area contributed by atoms with E-state index in [0.29, 0.717) is 5.56 Å². The Hall–Kier alpha value is -5.20. The van der Waals surface area contributed by atoms with Crippen LogP contribution in [0.25, 0.3) is 11.1 Å². The SMILES string of the molecule is O=C(Nc1ccc(N2CCN(C(C(=O)OCc3ccccc3)c3ccccc3)CC2)cc1)c1ccccc1-c1ccccc1. The van der Waals surface area contributed by atoms with Crippen molar-refractivity contribution in [3.8, 4) is 11.1 Å². The fourth-order valence-corrected chi connectivity index (χ4v) is 5.68. The predicted molar refractivity (Wildman–Crippen MR) is 175 cm³/mol. The largest absolute Gasteiger partial charge is 0.459 e. The number of nitrogens with zero attached hydrogens (tertiary/aromatic N) is 2. The summed E-state index contributed by atoms with van der Waals surface area (Å²) in [5, 5.41) is 3.06. The van der Waals surface area contributed by atoms with Crippen LogP contribution in [0, 0.1) is 0 Å².